The van der Waals surface area contributed by atoms with Gasteiger partial charge in [-0.05, 0) is 31.7 Å². The van der Waals surface area contributed by atoms with Crippen LogP contribution in [0.2, 0.25) is 0 Å². The van der Waals surface area contributed by atoms with Crippen molar-refractivity contribution in [1.82, 2.24) is 15.1 Å². The number of hydrogen-bond donors (Lipinski definition) is 1. The van der Waals surface area contributed by atoms with E-state index in [1.807, 2.05) is 0 Å². The molecule has 0 bridgehead atoms. The van der Waals surface area contributed by atoms with Crippen LogP contribution in [0, 0.1) is 12.3 Å². The van der Waals surface area contributed by atoms with Gasteiger partial charge in [0, 0.05) is 24.8 Å². The summed E-state index contributed by atoms with van der Waals surface area (Å²) in [5.41, 5.74) is 2.74. The molecule has 3 heteroatoms. The molecule has 1 aromatic rings. The van der Waals surface area contributed by atoms with Gasteiger partial charge in [0.15, 0.2) is 0 Å². The summed E-state index contributed by atoms with van der Waals surface area (Å²) in [6.45, 7) is 15.2. The minimum absolute atomic E-state index is 0.268. The number of nitrogens with one attached hydrogen (secondary N) is 1. The highest BCUT2D eigenvalue weighted by Crippen LogP contribution is 2.21. The molecule has 3 nitrogen and oxygen atoms in total. The van der Waals surface area contributed by atoms with Gasteiger partial charge in [0.05, 0.1) is 5.69 Å². The van der Waals surface area contributed by atoms with Crippen LogP contribution in [-0.4, -0.2) is 22.4 Å². The molecule has 1 N–H and O–H groups in total. The highest BCUT2D eigenvalue weighted by Gasteiger charge is 2.21. The van der Waals surface area contributed by atoms with Crippen molar-refractivity contribution < 1.29 is 0 Å². The van der Waals surface area contributed by atoms with Crippen molar-refractivity contribution in [3.8, 4) is 0 Å². The van der Waals surface area contributed by atoms with E-state index in [1.165, 1.54) is 5.69 Å². The van der Waals surface area contributed by atoms with E-state index in [4.69, 9.17) is 0 Å². The maximum atomic E-state index is 4.50. The molecule has 1 aromatic heterocycles. The average molecular weight is 237 g/mol. The van der Waals surface area contributed by atoms with Crippen molar-refractivity contribution in [2.45, 2.75) is 60.5 Å². The first kappa shape index (κ1) is 14.2. The number of aryl methyl sites for hydroxylation is 2. The Labute approximate surface area is 106 Å². The molecule has 98 valence electrons. The predicted molar refractivity (Wildman–Crippen MR) is 73.3 cm³/mol. The number of aromatic nitrogens is 2. The molecule has 0 fully saturated rings. The van der Waals surface area contributed by atoms with E-state index in [-0.39, 0.29) is 5.41 Å². The van der Waals surface area contributed by atoms with Gasteiger partial charge >= 0.3 is 0 Å². The molecule has 17 heavy (non-hydrogen) atoms. The third kappa shape index (κ3) is 4.50. The van der Waals surface area contributed by atoms with Gasteiger partial charge in [-0.1, -0.05) is 27.7 Å². The molecule has 1 heterocycles. The van der Waals surface area contributed by atoms with Crippen molar-refractivity contribution in [2.24, 2.45) is 5.41 Å². The average Bonchev–Trinajstić information content (AvgIpc) is 2.55. The Morgan fingerprint density at radius 2 is 2.06 bits per heavy atom. The summed E-state index contributed by atoms with van der Waals surface area (Å²) >= 11 is 0. The van der Waals surface area contributed by atoms with Crippen molar-refractivity contribution in [3.63, 3.8) is 0 Å². The van der Waals surface area contributed by atoms with Gasteiger partial charge in [0.2, 0.25) is 0 Å². The fourth-order valence-corrected chi connectivity index (χ4v) is 2.05. The third-order valence-electron chi connectivity index (χ3n) is 2.93. The van der Waals surface area contributed by atoms with E-state index in [2.05, 4.69) is 62.7 Å². The molecule has 0 aliphatic heterocycles. The SMILES string of the molecule is CCn1nc(C)cc1CC(C)(C)CNC(C)C. The van der Waals surface area contributed by atoms with Gasteiger partial charge < -0.3 is 5.32 Å². The quantitative estimate of drug-likeness (QED) is 0.824. The van der Waals surface area contributed by atoms with Gasteiger partial charge in [-0.3, -0.25) is 4.68 Å². The van der Waals surface area contributed by atoms with Crippen molar-refractivity contribution in [1.29, 1.82) is 0 Å². The van der Waals surface area contributed by atoms with Crippen LogP contribution in [0.15, 0.2) is 6.07 Å². The molecule has 0 saturated heterocycles. The lowest BCUT2D eigenvalue weighted by atomic mass is 9.87. The Morgan fingerprint density at radius 3 is 2.59 bits per heavy atom. The fourth-order valence-electron chi connectivity index (χ4n) is 2.05. The lowest BCUT2D eigenvalue weighted by molar-refractivity contribution is 0.317. The largest absolute Gasteiger partial charge is 0.314 e. The van der Waals surface area contributed by atoms with Crippen LogP contribution in [-0.2, 0) is 13.0 Å². The maximum Gasteiger partial charge on any atom is 0.0596 e. The van der Waals surface area contributed by atoms with Gasteiger partial charge in [-0.25, -0.2) is 0 Å². The summed E-state index contributed by atoms with van der Waals surface area (Å²) in [5.74, 6) is 0. The van der Waals surface area contributed by atoms with Crippen LogP contribution in [0.3, 0.4) is 0 Å². The summed E-state index contributed by atoms with van der Waals surface area (Å²) in [6, 6.07) is 2.76. The molecule has 0 spiro atoms. The topological polar surface area (TPSA) is 29.9 Å². The van der Waals surface area contributed by atoms with Gasteiger partial charge in [-0.15, -0.1) is 0 Å². The van der Waals surface area contributed by atoms with E-state index in [9.17, 15) is 0 Å². The Hall–Kier alpha value is -0.830. The van der Waals surface area contributed by atoms with E-state index >= 15 is 0 Å². The second-order valence-corrected chi connectivity index (χ2v) is 5.97. The summed E-state index contributed by atoms with van der Waals surface area (Å²) in [4.78, 5) is 0. The Kier molecular flexibility index (Phi) is 4.75. The smallest absolute Gasteiger partial charge is 0.0596 e. The highest BCUT2D eigenvalue weighted by molar-refractivity contribution is 5.11. The zero-order chi connectivity index (χ0) is 13.1. The maximum absolute atomic E-state index is 4.50. The lowest BCUT2D eigenvalue weighted by Gasteiger charge is -2.26. The number of rotatable bonds is 6. The van der Waals surface area contributed by atoms with Crippen LogP contribution in [0.4, 0.5) is 0 Å². The lowest BCUT2D eigenvalue weighted by Crippen LogP contribution is -2.35. The first-order chi connectivity index (χ1) is 7.84. The van der Waals surface area contributed by atoms with Crippen LogP contribution in [0.1, 0.15) is 46.0 Å². The van der Waals surface area contributed by atoms with E-state index < -0.39 is 0 Å². The minimum Gasteiger partial charge on any atom is -0.314 e. The fraction of sp³-hybridized carbons (Fsp3) is 0.786. The molecule has 1 rings (SSSR count). The Bertz CT molecular complexity index is 350. The monoisotopic (exact) mass is 237 g/mol. The minimum atomic E-state index is 0.268. The summed E-state index contributed by atoms with van der Waals surface area (Å²) in [5, 5.41) is 8.03. The zero-order valence-corrected chi connectivity index (χ0v) is 12.2. The zero-order valence-electron chi connectivity index (χ0n) is 12.2. The molecule has 0 aliphatic rings. The highest BCUT2D eigenvalue weighted by atomic mass is 15.3. The van der Waals surface area contributed by atoms with Crippen molar-refractivity contribution >= 4 is 0 Å². The molecule has 0 amide bonds. The van der Waals surface area contributed by atoms with Gasteiger partial charge in [0.1, 0.15) is 0 Å². The van der Waals surface area contributed by atoms with Crippen LogP contribution >= 0.6 is 0 Å². The summed E-state index contributed by atoms with van der Waals surface area (Å²) in [6.07, 6.45) is 1.07. The van der Waals surface area contributed by atoms with Crippen LogP contribution in [0.25, 0.3) is 0 Å². The molecule has 0 saturated carbocycles. The first-order valence-electron chi connectivity index (χ1n) is 6.61. The molecular formula is C14H27N3. The number of nitrogens with zero attached hydrogens (tertiary/aromatic N) is 2. The second-order valence-electron chi connectivity index (χ2n) is 5.97. The molecule has 0 aliphatic carbocycles. The molecule has 0 unspecified atom stereocenters. The normalized spacial score (nSPS) is 12.4. The summed E-state index contributed by atoms with van der Waals surface area (Å²) in [7, 11) is 0. The Morgan fingerprint density at radius 1 is 1.41 bits per heavy atom. The predicted octanol–water partition coefficient (Wildman–Crippen LogP) is 2.78. The molecule has 0 aromatic carbocycles. The van der Waals surface area contributed by atoms with Crippen molar-refractivity contribution in [2.75, 3.05) is 6.54 Å². The standard InChI is InChI=1S/C14H27N3/c1-7-17-13(8-12(4)16-17)9-14(5,6)10-15-11(2)3/h8,11,15H,7,9-10H2,1-6H3. The van der Waals surface area contributed by atoms with Crippen LogP contribution < -0.4 is 5.32 Å². The number of hydrogen-bond acceptors (Lipinski definition) is 2. The molecule has 0 atom stereocenters. The van der Waals surface area contributed by atoms with Crippen LogP contribution in [0.5, 0.6) is 0 Å². The van der Waals surface area contributed by atoms with Crippen molar-refractivity contribution in [3.05, 3.63) is 17.5 Å². The Balaban J connectivity index is 2.68. The van der Waals surface area contributed by atoms with E-state index in [0.29, 0.717) is 6.04 Å². The van der Waals surface area contributed by atoms with Gasteiger partial charge in [0.25, 0.3) is 0 Å². The van der Waals surface area contributed by atoms with Gasteiger partial charge in [-0.2, -0.15) is 5.10 Å². The summed E-state index contributed by atoms with van der Waals surface area (Å²) < 4.78 is 2.12. The molecular weight excluding hydrogens is 210 g/mol. The van der Waals surface area contributed by atoms with E-state index in [1.54, 1.807) is 0 Å². The van der Waals surface area contributed by atoms with E-state index in [0.717, 1.165) is 25.2 Å². The first-order valence-corrected chi connectivity index (χ1v) is 6.61. The molecule has 0 radical (unpaired) electrons. The second kappa shape index (κ2) is 5.67. The third-order valence-corrected chi connectivity index (χ3v) is 2.93.